The maximum Gasteiger partial charge on any atom is 0.387 e. The molecule has 3 aromatic rings. The van der Waals surface area contributed by atoms with Crippen LogP contribution in [0.25, 0.3) is 5.65 Å². The molecule has 118 valence electrons. The van der Waals surface area contributed by atoms with Gasteiger partial charge in [-0.1, -0.05) is 0 Å². The van der Waals surface area contributed by atoms with Gasteiger partial charge in [-0.2, -0.15) is 8.78 Å². The largest absolute Gasteiger partial charge is 0.435 e. The predicted octanol–water partition coefficient (Wildman–Crippen LogP) is 3.95. The summed E-state index contributed by atoms with van der Waals surface area (Å²) < 4.78 is 31.0. The quantitative estimate of drug-likeness (QED) is 0.744. The van der Waals surface area contributed by atoms with Gasteiger partial charge < -0.3 is 10.1 Å². The SMILES string of the molecule is O=C(Nc1cnc2c(Br)cccn12)c1ccc(OC(F)F)cc1. The number of alkyl halides is 2. The maximum atomic E-state index is 12.2. The van der Waals surface area contributed by atoms with E-state index in [1.165, 1.54) is 30.5 Å². The molecule has 8 heteroatoms. The van der Waals surface area contributed by atoms with Crippen LogP contribution in [0.5, 0.6) is 5.75 Å². The molecule has 0 atom stereocenters. The van der Waals surface area contributed by atoms with Gasteiger partial charge in [-0.3, -0.25) is 9.20 Å². The first-order valence-electron chi connectivity index (χ1n) is 6.52. The number of aromatic nitrogens is 2. The van der Waals surface area contributed by atoms with Gasteiger partial charge in [-0.15, -0.1) is 0 Å². The van der Waals surface area contributed by atoms with E-state index in [0.29, 0.717) is 17.0 Å². The summed E-state index contributed by atoms with van der Waals surface area (Å²) in [6, 6.07) is 9.09. The Labute approximate surface area is 138 Å². The topological polar surface area (TPSA) is 55.6 Å². The van der Waals surface area contributed by atoms with Gasteiger partial charge in [0.15, 0.2) is 5.65 Å². The fraction of sp³-hybridized carbons (Fsp3) is 0.0667. The van der Waals surface area contributed by atoms with Crippen molar-refractivity contribution in [2.24, 2.45) is 0 Å². The number of anilines is 1. The van der Waals surface area contributed by atoms with Crippen LogP contribution in [0, 0.1) is 0 Å². The van der Waals surface area contributed by atoms with Crippen LogP contribution in [0.15, 0.2) is 53.3 Å². The zero-order valence-electron chi connectivity index (χ0n) is 11.5. The molecular weight excluding hydrogens is 372 g/mol. The van der Waals surface area contributed by atoms with Crippen LogP contribution in [0.4, 0.5) is 14.6 Å². The van der Waals surface area contributed by atoms with Crippen molar-refractivity contribution in [3.63, 3.8) is 0 Å². The normalized spacial score (nSPS) is 11.0. The number of amides is 1. The molecule has 23 heavy (non-hydrogen) atoms. The molecule has 0 spiro atoms. The van der Waals surface area contributed by atoms with Gasteiger partial charge in [0, 0.05) is 11.8 Å². The minimum absolute atomic E-state index is 0.00437. The molecule has 5 nitrogen and oxygen atoms in total. The Morgan fingerprint density at radius 2 is 2.00 bits per heavy atom. The number of hydrogen-bond acceptors (Lipinski definition) is 3. The summed E-state index contributed by atoms with van der Waals surface area (Å²) in [5.41, 5.74) is 0.986. The fourth-order valence-corrected chi connectivity index (χ4v) is 2.49. The molecule has 1 aromatic carbocycles. The second kappa shape index (κ2) is 6.33. The Morgan fingerprint density at radius 1 is 1.26 bits per heavy atom. The maximum absolute atomic E-state index is 12.2. The van der Waals surface area contributed by atoms with E-state index >= 15 is 0 Å². The van der Waals surface area contributed by atoms with E-state index in [-0.39, 0.29) is 11.7 Å². The summed E-state index contributed by atoms with van der Waals surface area (Å²) in [6.07, 6.45) is 3.30. The number of benzene rings is 1. The highest BCUT2D eigenvalue weighted by Crippen LogP contribution is 2.21. The van der Waals surface area contributed by atoms with Crippen molar-refractivity contribution in [1.82, 2.24) is 9.38 Å². The monoisotopic (exact) mass is 381 g/mol. The van der Waals surface area contributed by atoms with Crippen molar-refractivity contribution in [3.05, 3.63) is 58.8 Å². The van der Waals surface area contributed by atoms with Gasteiger partial charge >= 0.3 is 6.61 Å². The predicted molar refractivity (Wildman–Crippen MR) is 83.9 cm³/mol. The Bertz CT molecular complexity index is 850. The Morgan fingerprint density at radius 3 is 2.70 bits per heavy atom. The number of nitrogens with zero attached hydrogens (tertiary/aromatic N) is 2. The van der Waals surface area contributed by atoms with Crippen molar-refractivity contribution in [2.75, 3.05) is 5.32 Å². The first kappa shape index (κ1) is 15.4. The van der Waals surface area contributed by atoms with Gasteiger partial charge in [-0.05, 0) is 52.3 Å². The van der Waals surface area contributed by atoms with Crippen molar-refractivity contribution >= 4 is 33.3 Å². The van der Waals surface area contributed by atoms with E-state index in [2.05, 4.69) is 31.0 Å². The van der Waals surface area contributed by atoms with E-state index in [1.54, 1.807) is 10.6 Å². The zero-order chi connectivity index (χ0) is 16.4. The molecular formula is C15H10BrF2N3O2. The molecule has 0 saturated heterocycles. The molecule has 2 heterocycles. The Balaban J connectivity index is 1.79. The van der Waals surface area contributed by atoms with E-state index in [9.17, 15) is 13.6 Å². The molecule has 0 saturated carbocycles. The van der Waals surface area contributed by atoms with Crippen LogP contribution >= 0.6 is 15.9 Å². The fourth-order valence-electron chi connectivity index (χ4n) is 2.05. The summed E-state index contributed by atoms with van der Waals surface area (Å²) in [6.45, 7) is -2.90. The molecule has 0 aliphatic carbocycles. The minimum Gasteiger partial charge on any atom is -0.435 e. The lowest BCUT2D eigenvalue weighted by atomic mass is 10.2. The number of halogens is 3. The number of nitrogens with one attached hydrogen (secondary N) is 1. The summed E-state index contributed by atoms with van der Waals surface area (Å²) in [5.74, 6) is 0.116. The number of fused-ring (bicyclic) bond motifs is 1. The second-order valence-corrected chi connectivity index (χ2v) is 5.40. The summed E-state index contributed by atoms with van der Waals surface area (Å²) in [7, 11) is 0. The third-order valence-electron chi connectivity index (χ3n) is 3.07. The van der Waals surface area contributed by atoms with E-state index in [4.69, 9.17) is 0 Å². The number of ether oxygens (including phenoxy) is 1. The van der Waals surface area contributed by atoms with Crippen LogP contribution in [0.1, 0.15) is 10.4 Å². The highest BCUT2D eigenvalue weighted by Gasteiger charge is 2.11. The number of carbonyl (C=O) groups is 1. The number of imidazole rings is 1. The molecule has 3 rings (SSSR count). The number of rotatable bonds is 4. The smallest absolute Gasteiger partial charge is 0.387 e. The van der Waals surface area contributed by atoms with Crippen LogP contribution < -0.4 is 10.1 Å². The molecule has 0 aliphatic heterocycles. The average molecular weight is 382 g/mol. The summed E-state index contributed by atoms with van der Waals surface area (Å²) in [5, 5.41) is 2.72. The third kappa shape index (κ3) is 3.31. The Kier molecular flexibility index (Phi) is 4.24. The van der Waals surface area contributed by atoms with Crippen LogP contribution in [-0.4, -0.2) is 21.9 Å². The molecule has 1 amide bonds. The molecule has 2 aromatic heterocycles. The van der Waals surface area contributed by atoms with Crippen LogP contribution in [0.3, 0.4) is 0 Å². The van der Waals surface area contributed by atoms with Gasteiger partial charge in [-0.25, -0.2) is 4.98 Å². The van der Waals surface area contributed by atoms with Crippen molar-refractivity contribution < 1.29 is 18.3 Å². The molecule has 0 radical (unpaired) electrons. The van der Waals surface area contributed by atoms with Crippen molar-refractivity contribution in [2.45, 2.75) is 6.61 Å². The highest BCUT2D eigenvalue weighted by molar-refractivity contribution is 9.10. The zero-order valence-corrected chi connectivity index (χ0v) is 13.1. The van der Waals surface area contributed by atoms with E-state index < -0.39 is 6.61 Å². The molecule has 0 unspecified atom stereocenters. The minimum atomic E-state index is -2.90. The van der Waals surface area contributed by atoms with Gasteiger partial charge in [0.2, 0.25) is 0 Å². The molecule has 0 bridgehead atoms. The standard InChI is InChI=1S/C15H10BrF2N3O2/c16-11-2-1-7-21-12(8-19-13(11)21)20-14(22)9-3-5-10(6-4-9)23-15(17)18/h1-8,15H,(H,20,22). The number of carbonyl (C=O) groups excluding carboxylic acids is 1. The van der Waals surface area contributed by atoms with E-state index in [0.717, 1.165) is 4.47 Å². The lowest BCUT2D eigenvalue weighted by Gasteiger charge is -2.07. The lowest BCUT2D eigenvalue weighted by molar-refractivity contribution is -0.0498. The van der Waals surface area contributed by atoms with Gasteiger partial charge in [0.1, 0.15) is 11.6 Å². The van der Waals surface area contributed by atoms with Gasteiger partial charge in [0.25, 0.3) is 5.91 Å². The highest BCUT2D eigenvalue weighted by atomic mass is 79.9. The molecule has 0 aliphatic rings. The number of hydrogen-bond donors (Lipinski definition) is 1. The molecule has 1 N–H and O–H groups in total. The third-order valence-corrected chi connectivity index (χ3v) is 3.69. The molecule has 0 fully saturated rings. The van der Waals surface area contributed by atoms with Crippen molar-refractivity contribution in [1.29, 1.82) is 0 Å². The van der Waals surface area contributed by atoms with Crippen LogP contribution in [0.2, 0.25) is 0 Å². The Hall–Kier alpha value is -2.48. The summed E-state index contributed by atoms with van der Waals surface area (Å²) in [4.78, 5) is 16.4. The lowest BCUT2D eigenvalue weighted by Crippen LogP contribution is -2.13. The average Bonchev–Trinajstić information content (AvgIpc) is 2.92. The van der Waals surface area contributed by atoms with E-state index in [1.807, 2.05) is 12.1 Å². The second-order valence-electron chi connectivity index (χ2n) is 4.55. The summed E-state index contributed by atoms with van der Waals surface area (Å²) >= 11 is 3.38. The number of pyridine rings is 1. The van der Waals surface area contributed by atoms with Crippen LogP contribution in [-0.2, 0) is 0 Å². The first-order valence-corrected chi connectivity index (χ1v) is 7.31. The first-order chi connectivity index (χ1) is 11.0. The van der Waals surface area contributed by atoms with Crippen molar-refractivity contribution in [3.8, 4) is 5.75 Å². The van der Waals surface area contributed by atoms with Gasteiger partial charge in [0.05, 0.1) is 10.7 Å².